The zero-order valence-electron chi connectivity index (χ0n) is 13.2. The second-order valence-corrected chi connectivity index (χ2v) is 6.76. The van der Waals surface area contributed by atoms with Crippen LogP contribution in [-0.2, 0) is 4.79 Å². The fraction of sp³-hybridized carbons (Fsp3) is 0.647. The van der Waals surface area contributed by atoms with Gasteiger partial charge in [-0.05, 0) is 31.4 Å². The lowest BCUT2D eigenvalue weighted by atomic mass is 10.0. The molecule has 0 spiro atoms. The normalized spacial score (nSPS) is 25.6. The van der Waals surface area contributed by atoms with Gasteiger partial charge in [-0.3, -0.25) is 4.79 Å². The van der Waals surface area contributed by atoms with Crippen molar-refractivity contribution in [2.75, 3.05) is 31.6 Å². The molecule has 1 saturated heterocycles. The fourth-order valence-corrected chi connectivity index (χ4v) is 3.73. The number of amides is 1. The van der Waals surface area contributed by atoms with Crippen LogP contribution < -0.4 is 4.90 Å². The zero-order chi connectivity index (χ0) is 15.6. The van der Waals surface area contributed by atoms with Crippen LogP contribution in [-0.4, -0.2) is 53.2 Å². The van der Waals surface area contributed by atoms with Crippen molar-refractivity contribution in [3.05, 3.63) is 24.4 Å². The molecule has 1 aromatic rings. The lowest BCUT2D eigenvalue weighted by Crippen LogP contribution is -2.47. The van der Waals surface area contributed by atoms with Gasteiger partial charge in [0.15, 0.2) is 0 Å². The Labute approximate surface area is 131 Å². The van der Waals surface area contributed by atoms with Gasteiger partial charge in [0.1, 0.15) is 11.4 Å². The first-order valence-electron chi connectivity index (χ1n) is 8.21. The highest BCUT2D eigenvalue weighted by atomic mass is 16.3. The van der Waals surface area contributed by atoms with E-state index in [1.165, 1.54) is 0 Å². The largest absolute Gasteiger partial charge is 0.386 e. The summed E-state index contributed by atoms with van der Waals surface area (Å²) in [5, 5.41) is 10.8. The van der Waals surface area contributed by atoms with E-state index >= 15 is 0 Å². The molecule has 1 atom stereocenters. The molecule has 22 heavy (non-hydrogen) atoms. The Morgan fingerprint density at radius 3 is 2.91 bits per heavy atom. The minimum absolute atomic E-state index is 0.168. The zero-order valence-corrected chi connectivity index (χ0v) is 13.2. The highest BCUT2D eigenvalue weighted by Crippen LogP contribution is 2.29. The van der Waals surface area contributed by atoms with Gasteiger partial charge >= 0.3 is 0 Å². The van der Waals surface area contributed by atoms with Gasteiger partial charge in [-0.2, -0.15) is 0 Å². The molecular weight excluding hydrogens is 278 g/mol. The standard InChI is InChI=1S/C17H25N3O2/c1-19(16(21)14-6-2-3-7-14)12-17(22)9-11-20(13-17)15-8-4-5-10-18-15/h4-5,8,10,14,22H,2-3,6-7,9,11-13H2,1H3. The molecule has 3 rings (SSSR count). The van der Waals surface area contributed by atoms with Gasteiger partial charge in [0, 0.05) is 32.3 Å². The second-order valence-electron chi connectivity index (χ2n) is 6.76. The van der Waals surface area contributed by atoms with Crippen LogP contribution in [0, 0.1) is 5.92 Å². The summed E-state index contributed by atoms with van der Waals surface area (Å²) in [5.74, 6) is 1.26. The Hall–Kier alpha value is -1.62. The van der Waals surface area contributed by atoms with E-state index in [0.717, 1.165) is 38.0 Å². The number of hydrogen-bond acceptors (Lipinski definition) is 4. The number of carbonyl (C=O) groups excluding carboxylic acids is 1. The Bertz CT molecular complexity index is 516. The Balaban J connectivity index is 1.59. The van der Waals surface area contributed by atoms with Crippen LogP contribution in [0.3, 0.4) is 0 Å². The van der Waals surface area contributed by atoms with Crippen molar-refractivity contribution in [1.29, 1.82) is 0 Å². The maximum atomic E-state index is 12.4. The van der Waals surface area contributed by atoms with Gasteiger partial charge in [0.2, 0.25) is 5.91 Å². The van der Waals surface area contributed by atoms with E-state index in [4.69, 9.17) is 0 Å². The first-order chi connectivity index (χ1) is 10.6. The van der Waals surface area contributed by atoms with Gasteiger partial charge in [0.05, 0.1) is 6.54 Å². The number of nitrogens with zero attached hydrogens (tertiary/aromatic N) is 3. The molecule has 1 saturated carbocycles. The summed E-state index contributed by atoms with van der Waals surface area (Å²) in [6.07, 6.45) is 6.75. The quantitative estimate of drug-likeness (QED) is 0.919. The number of pyridine rings is 1. The van der Waals surface area contributed by atoms with E-state index in [1.807, 2.05) is 25.2 Å². The predicted octanol–water partition coefficient (Wildman–Crippen LogP) is 1.67. The summed E-state index contributed by atoms with van der Waals surface area (Å²) in [4.78, 5) is 20.6. The number of likely N-dealkylation sites (N-methyl/N-ethyl adjacent to an activating group) is 1. The lowest BCUT2D eigenvalue weighted by Gasteiger charge is -2.30. The van der Waals surface area contributed by atoms with Crippen LogP contribution in [0.4, 0.5) is 5.82 Å². The minimum atomic E-state index is -0.833. The van der Waals surface area contributed by atoms with Gasteiger partial charge < -0.3 is 14.9 Å². The Morgan fingerprint density at radius 1 is 1.45 bits per heavy atom. The third-order valence-corrected chi connectivity index (χ3v) is 4.92. The molecular formula is C17H25N3O2. The first kappa shape index (κ1) is 15.3. The molecule has 1 N–H and O–H groups in total. The third kappa shape index (κ3) is 3.24. The molecule has 0 aromatic carbocycles. The Kier molecular flexibility index (Phi) is 4.34. The van der Waals surface area contributed by atoms with Gasteiger partial charge in [-0.1, -0.05) is 18.9 Å². The van der Waals surface area contributed by atoms with Crippen molar-refractivity contribution >= 4 is 11.7 Å². The fourth-order valence-electron chi connectivity index (χ4n) is 3.73. The monoisotopic (exact) mass is 303 g/mol. The topological polar surface area (TPSA) is 56.7 Å². The smallest absolute Gasteiger partial charge is 0.225 e. The number of hydrogen-bond donors (Lipinski definition) is 1. The number of β-amino-alcohol motifs (C(OH)–C–C–N with tert-alkyl or cyclic N) is 1. The molecule has 0 radical (unpaired) electrons. The van der Waals surface area contributed by atoms with Crippen molar-refractivity contribution in [2.45, 2.75) is 37.7 Å². The summed E-state index contributed by atoms with van der Waals surface area (Å²) >= 11 is 0. The number of aromatic nitrogens is 1. The van der Waals surface area contributed by atoms with Crippen molar-refractivity contribution in [3.8, 4) is 0 Å². The van der Waals surface area contributed by atoms with E-state index in [-0.39, 0.29) is 11.8 Å². The molecule has 1 aliphatic carbocycles. The van der Waals surface area contributed by atoms with Crippen LogP contribution in [0.1, 0.15) is 32.1 Å². The van der Waals surface area contributed by atoms with Crippen molar-refractivity contribution < 1.29 is 9.90 Å². The molecule has 5 heteroatoms. The van der Waals surface area contributed by atoms with E-state index in [2.05, 4.69) is 9.88 Å². The molecule has 2 fully saturated rings. The van der Waals surface area contributed by atoms with Gasteiger partial charge in [0.25, 0.3) is 0 Å². The average molecular weight is 303 g/mol. The summed E-state index contributed by atoms with van der Waals surface area (Å²) < 4.78 is 0. The molecule has 5 nitrogen and oxygen atoms in total. The van der Waals surface area contributed by atoms with Crippen LogP contribution >= 0.6 is 0 Å². The molecule has 1 aromatic heterocycles. The van der Waals surface area contributed by atoms with Crippen molar-refractivity contribution in [2.24, 2.45) is 5.92 Å². The molecule has 1 aliphatic heterocycles. The number of carbonyl (C=O) groups is 1. The second kappa shape index (κ2) is 6.24. The van der Waals surface area contributed by atoms with E-state index in [1.54, 1.807) is 11.1 Å². The van der Waals surface area contributed by atoms with Crippen molar-refractivity contribution in [1.82, 2.24) is 9.88 Å². The number of rotatable bonds is 4. The van der Waals surface area contributed by atoms with Gasteiger partial charge in [-0.25, -0.2) is 4.98 Å². The number of aliphatic hydroxyl groups is 1. The summed E-state index contributed by atoms with van der Waals surface area (Å²) in [6, 6.07) is 5.80. The van der Waals surface area contributed by atoms with Crippen LogP contribution in [0.5, 0.6) is 0 Å². The highest BCUT2D eigenvalue weighted by Gasteiger charge is 2.39. The molecule has 1 amide bonds. The van der Waals surface area contributed by atoms with Crippen molar-refractivity contribution in [3.63, 3.8) is 0 Å². The molecule has 2 aliphatic rings. The van der Waals surface area contributed by atoms with E-state index in [0.29, 0.717) is 19.5 Å². The molecule has 0 bridgehead atoms. The van der Waals surface area contributed by atoms with E-state index < -0.39 is 5.60 Å². The molecule has 1 unspecified atom stereocenters. The predicted molar refractivity (Wildman–Crippen MR) is 85.6 cm³/mol. The van der Waals surface area contributed by atoms with E-state index in [9.17, 15) is 9.90 Å². The minimum Gasteiger partial charge on any atom is -0.386 e. The van der Waals surface area contributed by atoms with Gasteiger partial charge in [-0.15, -0.1) is 0 Å². The average Bonchev–Trinajstić information content (AvgIpc) is 3.17. The number of anilines is 1. The maximum Gasteiger partial charge on any atom is 0.225 e. The third-order valence-electron chi connectivity index (χ3n) is 4.92. The van der Waals surface area contributed by atoms with Crippen LogP contribution in [0.2, 0.25) is 0 Å². The summed E-state index contributed by atoms with van der Waals surface area (Å²) in [7, 11) is 1.82. The highest BCUT2D eigenvalue weighted by molar-refractivity contribution is 5.78. The van der Waals surface area contributed by atoms with Crippen LogP contribution in [0.25, 0.3) is 0 Å². The summed E-state index contributed by atoms with van der Waals surface area (Å²) in [5.41, 5.74) is -0.833. The molecule has 120 valence electrons. The Morgan fingerprint density at radius 2 is 2.23 bits per heavy atom. The molecule has 2 heterocycles. The van der Waals surface area contributed by atoms with Crippen LogP contribution in [0.15, 0.2) is 24.4 Å². The lowest BCUT2D eigenvalue weighted by molar-refractivity contribution is -0.136. The first-order valence-corrected chi connectivity index (χ1v) is 8.21. The maximum absolute atomic E-state index is 12.4. The summed E-state index contributed by atoms with van der Waals surface area (Å²) in [6.45, 7) is 1.72. The SMILES string of the molecule is CN(CC1(O)CCN(c2ccccn2)C1)C(=O)C1CCCC1.